The average Bonchev–Trinajstić information content (AvgIpc) is 2.54. The summed E-state index contributed by atoms with van der Waals surface area (Å²) in [6.07, 6.45) is 0. The molecule has 0 spiro atoms. The summed E-state index contributed by atoms with van der Waals surface area (Å²) >= 11 is 6.00. The maximum absolute atomic E-state index is 12.2. The van der Waals surface area contributed by atoms with E-state index in [9.17, 15) is 4.79 Å². The minimum absolute atomic E-state index is 0.405. The van der Waals surface area contributed by atoms with E-state index in [-0.39, 0.29) is 0 Å². The third kappa shape index (κ3) is 2.16. The molecule has 4 aromatic rings. The first-order chi connectivity index (χ1) is 10.7. The zero-order valence-electron chi connectivity index (χ0n) is 11.4. The van der Waals surface area contributed by atoms with Crippen LogP contribution in [0.2, 0.25) is 5.02 Å². The summed E-state index contributed by atoms with van der Waals surface area (Å²) < 4.78 is 5.36. The normalized spacial score (nSPS) is 11.1. The summed E-state index contributed by atoms with van der Waals surface area (Å²) in [6.45, 7) is 0. The van der Waals surface area contributed by atoms with E-state index in [4.69, 9.17) is 16.0 Å². The van der Waals surface area contributed by atoms with E-state index in [2.05, 4.69) is 4.98 Å². The van der Waals surface area contributed by atoms with Gasteiger partial charge >= 0.3 is 5.63 Å². The van der Waals surface area contributed by atoms with Crippen LogP contribution in [0.4, 0.5) is 0 Å². The van der Waals surface area contributed by atoms with E-state index in [1.807, 2.05) is 36.4 Å². The van der Waals surface area contributed by atoms with Crippen LogP contribution in [0, 0.1) is 0 Å². The molecule has 106 valence electrons. The van der Waals surface area contributed by atoms with Crippen LogP contribution >= 0.6 is 11.6 Å². The summed E-state index contributed by atoms with van der Waals surface area (Å²) in [4.78, 5) is 16.8. The van der Waals surface area contributed by atoms with Gasteiger partial charge in [-0.05, 0) is 36.4 Å². The van der Waals surface area contributed by atoms with Crippen molar-refractivity contribution in [1.82, 2.24) is 4.98 Å². The summed E-state index contributed by atoms with van der Waals surface area (Å²) in [5, 5.41) is 2.40. The summed E-state index contributed by atoms with van der Waals surface area (Å²) in [5.41, 5.74) is 1.97. The van der Waals surface area contributed by atoms with Crippen molar-refractivity contribution in [1.29, 1.82) is 0 Å². The van der Waals surface area contributed by atoms with Crippen LogP contribution in [0.5, 0.6) is 0 Å². The molecule has 0 aliphatic rings. The molecule has 0 fully saturated rings. The topological polar surface area (TPSA) is 43.1 Å². The van der Waals surface area contributed by atoms with Crippen molar-refractivity contribution in [3.8, 4) is 11.3 Å². The van der Waals surface area contributed by atoms with Gasteiger partial charge in [-0.2, -0.15) is 0 Å². The molecule has 2 aromatic heterocycles. The lowest BCUT2D eigenvalue weighted by atomic mass is 10.1. The molecule has 0 bridgehead atoms. The molecule has 0 unspecified atom stereocenters. The van der Waals surface area contributed by atoms with Crippen LogP contribution in [0.15, 0.2) is 69.9 Å². The van der Waals surface area contributed by atoms with E-state index in [0.29, 0.717) is 21.9 Å². The second-order valence-electron chi connectivity index (χ2n) is 5.02. The Kier molecular flexibility index (Phi) is 2.94. The van der Waals surface area contributed by atoms with Gasteiger partial charge < -0.3 is 4.42 Å². The number of para-hydroxylation sites is 1. The molecule has 2 heterocycles. The lowest BCUT2D eigenvalue weighted by Gasteiger charge is -2.04. The van der Waals surface area contributed by atoms with Crippen LogP contribution < -0.4 is 5.63 Å². The van der Waals surface area contributed by atoms with Gasteiger partial charge in [-0.1, -0.05) is 35.9 Å². The Morgan fingerprint density at radius 2 is 1.77 bits per heavy atom. The van der Waals surface area contributed by atoms with Gasteiger partial charge in [0.2, 0.25) is 0 Å². The first-order valence-corrected chi connectivity index (χ1v) is 7.18. The maximum Gasteiger partial charge on any atom is 0.345 e. The Morgan fingerprint density at radius 1 is 0.909 bits per heavy atom. The van der Waals surface area contributed by atoms with Crippen LogP contribution in [-0.4, -0.2) is 4.98 Å². The minimum Gasteiger partial charge on any atom is -0.422 e. The molecule has 22 heavy (non-hydrogen) atoms. The summed E-state index contributed by atoms with van der Waals surface area (Å²) in [6, 6.07) is 18.5. The minimum atomic E-state index is -0.405. The molecular formula is C18H10ClNO2. The van der Waals surface area contributed by atoms with Crippen LogP contribution in [0.3, 0.4) is 0 Å². The molecular weight excluding hydrogens is 298 g/mol. The monoisotopic (exact) mass is 307 g/mol. The van der Waals surface area contributed by atoms with Crippen molar-refractivity contribution in [3.63, 3.8) is 0 Å². The lowest BCUT2D eigenvalue weighted by Crippen LogP contribution is -2.03. The predicted octanol–water partition coefficient (Wildman–Crippen LogP) is 4.66. The van der Waals surface area contributed by atoms with Gasteiger partial charge in [0.25, 0.3) is 0 Å². The highest BCUT2D eigenvalue weighted by Gasteiger charge is 2.10. The fraction of sp³-hybridized carbons (Fsp3) is 0. The molecule has 2 aromatic carbocycles. The van der Waals surface area contributed by atoms with Crippen molar-refractivity contribution >= 4 is 33.5 Å². The number of benzene rings is 2. The highest BCUT2D eigenvalue weighted by molar-refractivity contribution is 6.31. The van der Waals surface area contributed by atoms with Crippen LogP contribution in [-0.2, 0) is 0 Å². The Bertz CT molecular complexity index is 1070. The Morgan fingerprint density at radius 3 is 2.68 bits per heavy atom. The van der Waals surface area contributed by atoms with Crippen molar-refractivity contribution in [3.05, 3.63) is 76.1 Å². The average molecular weight is 308 g/mol. The second kappa shape index (κ2) is 4.97. The zero-order valence-corrected chi connectivity index (χ0v) is 12.2. The van der Waals surface area contributed by atoms with Gasteiger partial charge in [-0.25, -0.2) is 9.78 Å². The number of rotatable bonds is 1. The molecule has 0 amide bonds. The quantitative estimate of drug-likeness (QED) is 0.480. The summed E-state index contributed by atoms with van der Waals surface area (Å²) in [7, 11) is 0. The molecule has 0 aliphatic carbocycles. The predicted molar refractivity (Wildman–Crippen MR) is 88.2 cm³/mol. The number of hydrogen-bond donors (Lipinski definition) is 0. The zero-order chi connectivity index (χ0) is 15.1. The van der Waals surface area contributed by atoms with Gasteiger partial charge in [-0.15, -0.1) is 0 Å². The van der Waals surface area contributed by atoms with E-state index in [1.54, 1.807) is 24.3 Å². The highest BCUT2D eigenvalue weighted by atomic mass is 35.5. The molecule has 0 atom stereocenters. The number of nitrogens with zero attached hydrogens (tertiary/aromatic N) is 1. The van der Waals surface area contributed by atoms with E-state index >= 15 is 0 Å². The van der Waals surface area contributed by atoms with Crippen molar-refractivity contribution < 1.29 is 4.42 Å². The smallest absolute Gasteiger partial charge is 0.345 e. The molecule has 0 radical (unpaired) electrons. The Labute approximate surface area is 130 Å². The third-order valence-electron chi connectivity index (χ3n) is 3.57. The Balaban J connectivity index is 1.98. The second-order valence-corrected chi connectivity index (χ2v) is 5.46. The number of hydrogen-bond acceptors (Lipinski definition) is 3. The highest BCUT2D eigenvalue weighted by Crippen LogP contribution is 2.24. The van der Waals surface area contributed by atoms with Gasteiger partial charge in [0.1, 0.15) is 5.58 Å². The lowest BCUT2D eigenvalue weighted by molar-refractivity contribution is 0.563. The molecule has 0 N–H and O–H groups in total. The molecule has 3 nitrogen and oxygen atoms in total. The number of pyridine rings is 1. The largest absolute Gasteiger partial charge is 0.422 e. The van der Waals surface area contributed by atoms with Gasteiger partial charge in [-0.3, -0.25) is 0 Å². The van der Waals surface area contributed by atoms with Crippen molar-refractivity contribution in [2.75, 3.05) is 0 Å². The molecule has 4 heteroatoms. The van der Waals surface area contributed by atoms with Gasteiger partial charge in [0.15, 0.2) is 0 Å². The van der Waals surface area contributed by atoms with E-state index in [1.165, 1.54) is 0 Å². The Hall–Kier alpha value is -2.65. The van der Waals surface area contributed by atoms with E-state index in [0.717, 1.165) is 16.3 Å². The molecule has 0 saturated carbocycles. The summed E-state index contributed by atoms with van der Waals surface area (Å²) in [5.74, 6) is 0. The fourth-order valence-corrected chi connectivity index (χ4v) is 2.67. The number of fused-ring (bicyclic) bond motifs is 2. The number of halogens is 1. The SMILES string of the molecule is O=c1oc2ccc(Cl)cc2cc1-c1ccc2ccccc2n1. The van der Waals surface area contributed by atoms with Crippen LogP contribution in [0.25, 0.3) is 33.1 Å². The van der Waals surface area contributed by atoms with Gasteiger partial charge in [0, 0.05) is 15.8 Å². The third-order valence-corrected chi connectivity index (χ3v) is 3.80. The molecule has 0 saturated heterocycles. The van der Waals surface area contributed by atoms with Crippen LogP contribution in [0.1, 0.15) is 0 Å². The first-order valence-electron chi connectivity index (χ1n) is 6.80. The fourth-order valence-electron chi connectivity index (χ4n) is 2.49. The molecule has 0 aliphatic heterocycles. The maximum atomic E-state index is 12.2. The number of aromatic nitrogens is 1. The van der Waals surface area contributed by atoms with E-state index < -0.39 is 5.63 Å². The van der Waals surface area contributed by atoms with Crippen molar-refractivity contribution in [2.24, 2.45) is 0 Å². The standard InChI is InChI=1S/C18H10ClNO2/c19-13-6-8-17-12(9-13)10-14(18(21)22-17)16-7-5-11-3-1-2-4-15(11)20-16/h1-10H. The molecule has 4 rings (SSSR count). The van der Waals surface area contributed by atoms with Crippen molar-refractivity contribution in [2.45, 2.75) is 0 Å². The van der Waals surface area contributed by atoms with Gasteiger partial charge in [0.05, 0.1) is 16.8 Å². The first kappa shape index (κ1) is 13.0.